The standard InChI is InChI=1S/C26H32ClNO/c1-19-10-9-13-25(29-26(3,4)5)28(19)20(2)24(22-11-7-6-8-12-22)18-21-14-16-23(27)17-15-21/h6-17,20,24-25H,18H2,1-5H3. The molecule has 1 heterocycles. The highest BCUT2D eigenvalue weighted by atomic mass is 35.5. The van der Waals surface area contributed by atoms with Gasteiger partial charge >= 0.3 is 0 Å². The third-order valence-electron chi connectivity index (χ3n) is 5.39. The fraction of sp³-hybridized carbons (Fsp3) is 0.385. The van der Waals surface area contributed by atoms with Gasteiger partial charge in [0, 0.05) is 22.7 Å². The molecule has 0 saturated carbocycles. The number of benzene rings is 2. The predicted molar refractivity (Wildman–Crippen MR) is 123 cm³/mol. The van der Waals surface area contributed by atoms with Crippen molar-refractivity contribution in [2.75, 3.05) is 0 Å². The zero-order chi connectivity index (χ0) is 21.0. The lowest BCUT2D eigenvalue weighted by molar-refractivity contribution is -0.110. The van der Waals surface area contributed by atoms with E-state index in [1.807, 2.05) is 12.1 Å². The molecule has 0 amide bonds. The second-order valence-corrected chi connectivity index (χ2v) is 9.25. The van der Waals surface area contributed by atoms with Crippen molar-refractivity contribution in [2.45, 2.75) is 64.8 Å². The lowest BCUT2D eigenvalue weighted by Gasteiger charge is -2.44. The van der Waals surface area contributed by atoms with E-state index in [4.69, 9.17) is 16.3 Å². The molecule has 3 heteroatoms. The van der Waals surface area contributed by atoms with E-state index >= 15 is 0 Å². The van der Waals surface area contributed by atoms with Gasteiger partial charge in [0.1, 0.15) is 6.23 Å². The highest BCUT2D eigenvalue weighted by molar-refractivity contribution is 6.30. The lowest BCUT2D eigenvalue weighted by atomic mass is 9.85. The van der Waals surface area contributed by atoms with Crippen LogP contribution in [0.1, 0.15) is 51.7 Å². The van der Waals surface area contributed by atoms with E-state index in [1.165, 1.54) is 16.8 Å². The zero-order valence-electron chi connectivity index (χ0n) is 18.1. The van der Waals surface area contributed by atoms with Crippen LogP contribution in [0.4, 0.5) is 0 Å². The zero-order valence-corrected chi connectivity index (χ0v) is 18.9. The van der Waals surface area contributed by atoms with Crippen LogP contribution < -0.4 is 0 Å². The summed E-state index contributed by atoms with van der Waals surface area (Å²) in [7, 11) is 0. The van der Waals surface area contributed by atoms with Gasteiger partial charge in [0.2, 0.25) is 0 Å². The second kappa shape index (κ2) is 9.19. The Hall–Kier alpha value is -2.03. The maximum absolute atomic E-state index is 6.42. The summed E-state index contributed by atoms with van der Waals surface area (Å²) < 4.78 is 6.42. The first-order valence-corrected chi connectivity index (χ1v) is 10.7. The molecule has 3 unspecified atom stereocenters. The highest BCUT2D eigenvalue weighted by Gasteiger charge is 2.33. The summed E-state index contributed by atoms with van der Waals surface area (Å²) in [6.07, 6.45) is 7.29. The molecule has 0 saturated heterocycles. The molecule has 154 valence electrons. The minimum Gasteiger partial charge on any atom is -0.349 e. The fourth-order valence-electron chi connectivity index (χ4n) is 4.02. The van der Waals surface area contributed by atoms with Gasteiger partial charge in [0.25, 0.3) is 0 Å². The molecule has 0 bridgehead atoms. The van der Waals surface area contributed by atoms with Gasteiger partial charge < -0.3 is 9.64 Å². The maximum atomic E-state index is 6.42. The summed E-state index contributed by atoms with van der Waals surface area (Å²) in [4.78, 5) is 2.42. The number of ether oxygens (including phenoxy) is 1. The monoisotopic (exact) mass is 409 g/mol. The van der Waals surface area contributed by atoms with E-state index < -0.39 is 0 Å². The van der Waals surface area contributed by atoms with Crippen LogP contribution in [0.15, 0.2) is 78.5 Å². The van der Waals surface area contributed by atoms with E-state index in [2.05, 4.69) is 100 Å². The Labute approximate surface area is 180 Å². The van der Waals surface area contributed by atoms with Gasteiger partial charge in [-0.05, 0) is 76.5 Å². The van der Waals surface area contributed by atoms with E-state index in [0.29, 0.717) is 5.92 Å². The molecule has 2 aromatic carbocycles. The van der Waals surface area contributed by atoms with E-state index in [-0.39, 0.29) is 17.9 Å². The molecule has 1 aliphatic rings. The summed E-state index contributed by atoms with van der Waals surface area (Å²) >= 11 is 6.11. The van der Waals surface area contributed by atoms with Crippen LogP contribution in [0.5, 0.6) is 0 Å². The Morgan fingerprint density at radius 2 is 1.69 bits per heavy atom. The first-order valence-electron chi connectivity index (χ1n) is 10.4. The van der Waals surface area contributed by atoms with Crippen LogP contribution in [0.25, 0.3) is 0 Å². The summed E-state index contributed by atoms with van der Waals surface area (Å²) in [6, 6.07) is 19.3. The average Bonchev–Trinajstić information content (AvgIpc) is 2.67. The van der Waals surface area contributed by atoms with Crippen LogP contribution in [-0.2, 0) is 11.2 Å². The molecule has 29 heavy (non-hydrogen) atoms. The van der Waals surface area contributed by atoms with Crippen molar-refractivity contribution in [1.29, 1.82) is 0 Å². The average molecular weight is 410 g/mol. The van der Waals surface area contributed by atoms with Gasteiger partial charge in [-0.15, -0.1) is 0 Å². The van der Waals surface area contributed by atoms with Crippen LogP contribution in [0.2, 0.25) is 5.02 Å². The molecular formula is C26H32ClNO. The molecule has 0 N–H and O–H groups in total. The Bertz CT molecular complexity index is 849. The van der Waals surface area contributed by atoms with Gasteiger partial charge in [0.05, 0.1) is 5.60 Å². The van der Waals surface area contributed by atoms with Crippen molar-refractivity contribution < 1.29 is 4.74 Å². The van der Waals surface area contributed by atoms with Gasteiger partial charge in [0.15, 0.2) is 0 Å². The van der Waals surface area contributed by atoms with Crippen molar-refractivity contribution in [2.24, 2.45) is 0 Å². The largest absolute Gasteiger partial charge is 0.349 e. The third kappa shape index (κ3) is 5.74. The molecule has 3 atom stereocenters. The van der Waals surface area contributed by atoms with Gasteiger partial charge in [-0.25, -0.2) is 0 Å². The molecule has 2 aromatic rings. The van der Waals surface area contributed by atoms with Gasteiger partial charge in [-0.3, -0.25) is 0 Å². The van der Waals surface area contributed by atoms with Crippen molar-refractivity contribution in [3.05, 3.63) is 94.7 Å². The van der Waals surface area contributed by atoms with E-state index in [9.17, 15) is 0 Å². The molecule has 0 spiro atoms. The Balaban J connectivity index is 1.94. The second-order valence-electron chi connectivity index (χ2n) is 8.81. The number of hydrogen-bond donors (Lipinski definition) is 0. The predicted octanol–water partition coefficient (Wildman–Crippen LogP) is 6.97. The number of allylic oxidation sites excluding steroid dienone is 3. The minimum atomic E-state index is -0.219. The molecule has 0 radical (unpaired) electrons. The molecule has 2 nitrogen and oxygen atoms in total. The van der Waals surface area contributed by atoms with E-state index in [0.717, 1.165) is 11.4 Å². The lowest BCUT2D eigenvalue weighted by Crippen LogP contribution is -2.47. The van der Waals surface area contributed by atoms with Crippen LogP contribution in [0.3, 0.4) is 0 Å². The first kappa shape index (κ1) is 21.7. The molecule has 1 aliphatic heterocycles. The summed E-state index contributed by atoms with van der Waals surface area (Å²) in [5.74, 6) is 0.318. The van der Waals surface area contributed by atoms with Crippen molar-refractivity contribution in [1.82, 2.24) is 4.90 Å². The molecule has 0 aromatic heterocycles. The molecule has 0 fully saturated rings. The Kier molecular flexibility index (Phi) is 6.87. The quantitative estimate of drug-likeness (QED) is 0.510. The fourth-order valence-corrected chi connectivity index (χ4v) is 4.14. The number of hydrogen-bond acceptors (Lipinski definition) is 2. The number of rotatable bonds is 6. The normalized spacial score (nSPS) is 19.0. The van der Waals surface area contributed by atoms with E-state index in [1.54, 1.807) is 0 Å². The number of halogens is 1. The summed E-state index contributed by atoms with van der Waals surface area (Å²) in [6.45, 7) is 10.8. The smallest absolute Gasteiger partial charge is 0.150 e. The summed E-state index contributed by atoms with van der Waals surface area (Å²) in [5, 5.41) is 0.775. The topological polar surface area (TPSA) is 12.5 Å². The molecule has 0 aliphatic carbocycles. The Morgan fingerprint density at radius 3 is 2.31 bits per heavy atom. The molecule has 3 rings (SSSR count). The number of nitrogens with zero attached hydrogens (tertiary/aromatic N) is 1. The van der Waals surface area contributed by atoms with Crippen molar-refractivity contribution >= 4 is 11.6 Å². The Morgan fingerprint density at radius 1 is 1.03 bits per heavy atom. The van der Waals surface area contributed by atoms with Gasteiger partial charge in [-0.2, -0.15) is 0 Å². The van der Waals surface area contributed by atoms with Gasteiger partial charge in [-0.1, -0.05) is 60.1 Å². The van der Waals surface area contributed by atoms with Crippen LogP contribution in [0, 0.1) is 0 Å². The minimum absolute atomic E-state index is 0.0774. The van der Waals surface area contributed by atoms with Crippen LogP contribution in [-0.4, -0.2) is 22.8 Å². The van der Waals surface area contributed by atoms with Crippen molar-refractivity contribution in [3.63, 3.8) is 0 Å². The van der Waals surface area contributed by atoms with Crippen molar-refractivity contribution in [3.8, 4) is 0 Å². The third-order valence-corrected chi connectivity index (χ3v) is 5.64. The maximum Gasteiger partial charge on any atom is 0.150 e. The first-order chi connectivity index (χ1) is 13.7. The highest BCUT2D eigenvalue weighted by Crippen LogP contribution is 2.34. The molecular weight excluding hydrogens is 378 g/mol. The summed E-state index contributed by atoms with van der Waals surface area (Å²) in [5.41, 5.74) is 3.64. The van der Waals surface area contributed by atoms with Crippen LogP contribution >= 0.6 is 11.6 Å². The SMILES string of the molecule is CC1=CC=CC(OC(C)(C)C)N1C(C)C(Cc1ccc(Cl)cc1)c1ccccc1.